The molecule has 0 radical (unpaired) electrons. The zero-order valence-corrected chi connectivity index (χ0v) is 19.2. The quantitative estimate of drug-likeness (QED) is 0.582. The molecule has 0 saturated carbocycles. The minimum atomic E-state index is -1.43. The lowest BCUT2D eigenvalue weighted by Crippen LogP contribution is -2.51. The number of rotatable bonds is 0. The van der Waals surface area contributed by atoms with Crippen molar-refractivity contribution in [2.45, 2.75) is 58.8 Å². The van der Waals surface area contributed by atoms with Gasteiger partial charge in [-0.05, 0) is 29.0 Å². The second kappa shape index (κ2) is 5.94. The van der Waals surface area contributed by atoms with E-state index in [0.717, 1.165) is 4.47 Å². The summed E-state index contributed by atoms with van der Waals surface area (Å²) in [6.45, 7) is 8.13. The van der Waals surface area contributed by atoms with Gasteiger partial charge < -0.3 is 10.1 Å². The first-order valence-corrected chi connectivity index (χ1v) is 11.1. The molecule has 0 saturated heterocycles. The number of carbonyl (C=O) groups is 3. The van der Waals surface area contributed by atoms with Crippen LogP contribution in [0.2, 0.25) is 0 Å². The number of halogens is 1. The third-order valence-electron chi connectivity index (χ3n) is 6.64. The Kier molecular flexibility index (Phi) is 3.90. The van der Waals surface area contributed by atoms with Gasteiger partial charge in [0.25, 0.3) is 0 Å². The monoisotopic (exact) mass is 469 g/mol. The van der Waals surface area contributed by atoms with Crippen LogP contribution in [-0.2, 0) is 24.5 Å². The largest absolute Gasteiger partial charge is 0.465 e. The number of hydrogen-bond acceptors (Lipinski definition) is 4. The van der Waals surface area contributed by atoms with E-state index in [1.165, 1.54) is 0 Å². The van der Waals surface area contributed by atoms with Gasteiger partial charge in [-0.2, -0.15) is 0 Å². The fourth-order valence-electron chi connectivity index (χ4n) is 5.58. The summed E-state index contributed by atoms with van der Waals surface area (Å²) >= 11 is 3.50. The van der Waals surface area contributed by atoms with Crippen LogP contribution in [0.15, 0.2) is 45.3 Å². The van der Waals surface area contributed by atoms with Crippen LogP contribution >= 0.6 is 15.9 Å². The van der Waals surface area contributed by atoms with Crippen molar-refractivity contribution in [3.63, 3.8) is 0 Å². The average Bonchev–Trinajstić information content (AvgIpc) is 2.84. The normalized spacial score (nSPS) is 25.6. The molecule has 156 valence electrons. The van der Waals surface area contributed by atoms with Crippen LogP contribution in [0.25, 0.3) is 0 Å². The van der Waals surface area contributed by atoms with E-state index < -0.39 is 5.41 Å². The summed E-state index contributed by atoms with van der Waals surface area (Å²) in [5.74, 6) is 0.522. The number of Topliss-reactive ketones (excluding diaryl/α,β-unsaturated/α-hetero) is 2. The fourth-order valence-corrected chi connectivity index (χ4v) is 5.94. The standard InChI is InChI=1S/C24H24BrNO4/c1-22(2)8-15(27)19-17(10-22)30-18-11-23(3,4)9-16(28)20(18)24(19)13-7-12(25)5-6-14(13)26-21(24)29/h5-7H,8-11H2,1-4H3,(H,26,29). The molecule has 2 aliphatic carbocycles. The number of benzene rings is 1. The highest BCUT2D eigenvalue weighted by atomic mass is 79.9. The first kappa shape index (κ1) is 19.7. The van der Waals surface area contributed by atoms with Gasteiger partial charge >= 0.3 is 0 Å². The van der Waals surface area contributed by atoms with E-state index >= 15 is 0 Å². The first-order chi connectivity index (χ1) is 13.9. The molecule has 1 aromatic rings. The van der Waals surface area contributed by atoms with Gasteiger partial charge in [0, 0.05) is 41.4 Å². The lowest BCUT2D eigenvalue weighted by atomic mass is 9.58. The molecule has 2 aliphatic heterocycles. The summed E-state index contributed by atoms with van der Waals surface area (Å²) in [6.07, 6.45) is 1.74. The number of fused-ring (bicyclic) bond motifs is 4. The maximum Gasteiger partial charge on any atom is 0.244 e. The van der Waals surface area contributed by atoms with E-state index in [2.05, 4.69) is 21.2 Å². The lowest BCUT2D eigenvalue weighted by molar-refractivity contribution is -0.127. The highest BCUT2D eigenvalue weighted by Gasteiger charge is 2.63. The number of amides is 1. The molecule has 0 aromatic heterocycles. The van der Waals surface area contributed by atoms with E-state index in [0.29, 0.717) is 59.6 Å². The maximum atomic E-state index is 13.7. The Hall–Kier alpha value is -2.21. The minimum absolute atomic E-state index is 0.117. The summed E-state index contributed by atoms with van der Waals surface area (Å²) in [4.78, 5) is 40.7. The molecule has 0 unspecified atom stereocenters. The van der Waals surface area contributed by atoms with Gasteiger partial charge in [-0.3, -0.25) is 14.4 Å². The first-order valence-electron chi connectivity index (χ1n) is 10.3. The van der Waals surface area contributed by atoms with Crippen molar-refractivity contribution in [1.29, 1.82) is 0 Å². The Bertz CT molecular complexity index is 1070. The summed E-state index contributed by atoms with van der Waals surface area (Å²) in [5.41, 5.74) is 0.0385. The van der Waals surface area contributed by atoms with Crippen molar-refractivity contribution < 1.29 is 19.1 Å². The Balaban J connectivity index is 1.87. The number of ketones is 2. The Morgan fingerprint density at radius 2 is 1.40 bits per heavy atom. The number of anilines is 1. The molecule has 1 amide bonds. The third-order valence-corrected chi connectivity index (χ3v) is 7.14. The van der Waals surface area contributed by atoms with E-state index in [1.807, 2.05) is 45.9 Å². The number of ether oxygens (including phenoxy) is 1. The molecule has 0 fully saturated rings. The van der Waals surface area contributed by atoms with Crippen molar-refractivity contribution in [1.82, 2.24) is 0 Å². The van der Waals surface area contributed by atoms with Gasteiger partial charge in [0.15, 0.2) is 11.6 Å². The van der Waals surface area contributed by atoms with Gasteiger partial charge in [-0.25, -0.2) is 0 Å². The van der Waals surface area contributed by atoms with Gasteiger partial charge in [0.1, 0.15) is 16.9 Å². The number of hydrogen-bond donors (Lipinski definition) is 1. The fraction of sp³-hybridized carbons (Fsp3) is 0.458. The molecule has 5 nitrogen and oxygen atoms in total. The third kappa shape index (κ3) is 2.55. The predicted octanol–water partition coefficient (Wildman–Crippen LogP) is 4.96. The molecule has 0 bridgehead atoms. The lowest BCUT2D eigenvalue weighted by Gasteiger charge is -2.46. The van der Waals surface area contributed by atoms with Crippen molar-refractivity contribution in [3.8, 4) is 0 Å². The molecular formula is C24H24BrNO4. The highest BCUT2D eigenvalue weighted by molar-refractivity contribution is 9.10. The molecule has 30 heavy (non-hydrogen) atoms. The molecule has 4 aliphatic rings. The van der Waals surface area contributed by atoms with Gasteiger partial charge in [-0.15, -0.1) is 0 Å². The number of nitrogens with one attached hydrogen (secondary N) is 1. The van der Waals surface area contributed by atoms with Crippen LogP contribution in [0.5, 0.6) is 0 Å². The van der Waals surface area contributed by atoms with Crippen molar-refractivity contribution >= 4 is 39.1 Å². The van der Waals surface area contributed by atoms with E-state index in [1.54, 1.807) is 0 Å². The van der Waals surface area contributed by atoms with Crippen LogP contribution in [0.1, 0.15) is 58.9 Å². The number of allylic oxidation sites excluding steroid dienone is 2. The van der Waals surface area contributed by atoms with Crippen LogP contribution in [0.4, 0.5) is 5.69 Å². The predicted molar refractivity (Wildman–Crippen MR) is 116 cm³/mol. The average molecular weight is 470 g/mol. The molecule has 6 heteroatoms. The molecule has 0 atom stereocenters. The summed E-state index contributed by atoms with van der Waals surface area (Å²) in [5, 5.41) is 2.95. The molecule has 2 heterocycles. The molecule has 1 aromatic carbocycles. The molecule has 5 rings (SSSR count). The Morgan fingerprint density at radius 3 is 1.93 bits per heavy atom. The van der Waals surface area contributed by atoms with Gasteiger partial charge in [0.2, 0.25) is 5.91 Å². The molecule has 1 spiro atoms. The zero-order chi connectivity index (χ0) is 21.6. The summed E-state index contributed by atoms with van der Waals surface area (Å²) < 4.78 is 7.10. The van der Waals surface area contributed by atoms with Crippen molar-refractivity contribution in [3.05, 3.63) is 50.9 Å². The van der Waals surface area contributed by atoms with Gasteiger partial charge in [-0.1, -0.05) is 43.6 Å². The van der Waals surface area contributed by atoms with Crippen molar-refractivity contribution in [2.75, 3.05) is 5.32 Å². The van der Waals surface area contributed by atoms with Crippen LogP contribution in [0, 0.1) is 10.8 Å². The van der Waals surface area contributed by atoms with E-state index in [4.69, 9.17) is 4.74 Å². The number of carbonyl (C=O) groups excluding carboxylic acids is 3. The van der Waals surface area contributed by atoms with Crippen molar-refractivity contribution in [2.24, 2.45) is 10.8 Å². The SMILES string of the molecule is CC1(C)CC(=O)C2=C(C1)OC1=C(C(=O)CC(C)(C)C1)C21C(=O)Nc2ccc(Br)cc21. The van der Waals surface area contributed by atoms with Gasteiger partial charge in [0.05, 0.1) is 11.1 Å². The molecule has 1 N–H and O–H groups in total. The van der Waals surface area contributed by atoms with Crippen LogP contribution in [0.3, 0.4) is 0 Å². The van der Waals surface area contributed by atoms with E-state index in [-0.39, 0.29) is 28.3 Å². The topological polar surface area (TPSA) is 72.5 Å². The minimum Gasteiger partial charge on any atom is -0.465 e. The van der Waals surface area contributed by atoms with Crippen LogP contribution < -0.4 is 5.32 Å². The highest BCUT2D eigenvalue weighted by Crippen LogP contribution is 2.59. The smallest absolute Gasteiger partial charge is 0.244 e. The Labute approximate surface area is 184 Å². The maximum absolute atomic E-state index is 13.7. The second-order valence-electron chi connectivity index (χ2n) is 10.5. The van der Waals surface area contributed by atoms with E-state index in [9.17, 15) is 14.4 Å². The zero-order valence-electron chi connectivity index (χ0n) is 17.6. The molecular weight excluding hydrogens is 446 g/mol. The second-order valence-corrected chi connectivity index (χ2v) is 11.4. The summed E-state index contributed by atoms with van der Waals surface area (Å²) in [7, 11) is 0. The Morgan fingerprint density at radius 1 is 0.867 bits per heavy atom. The summed E-state index contributed by atoms with van der Waals surface area (Å²) in [6, 6.07) is 5.52. The van der Waals surface area contributed by atoms with Crippen LogP contribution in [-0.4, -0.2) is 17.5 Å².